The summed E-state index contributed by atoms with van der Waals surface area (Å²) in [5.41, 5.74) is 0. The molecule has 0 bridgehead atoms. The van der Waals surface area contributed by atoms with E-state index in [1.807, 2.05) is 18.2 Å². The highest BCUT2D eigenvalue weighted by molar-refractivity contribution is 5.04. The lowest BCUT2D eigenvalue weighted by Gasteiger charge is -2.14. The fraction of sp³-hybridized carbons (Fsp3) is 0.400. The summed E-state index contributed by atoms with van der Waals surface area (Å²) in [4.78, 5) is 0. The van der Waals surface area contributed by atoms with Crippen molar-refractivity contribution in [3.05, 3.63) is 36.8 Å². The van der Waals surface area contributed by atoms with E-state index in [-0.39, 0.29) is 6.04 Å². The van der Waals surface area contributed by atoms with Crippen LogP contribution < -0.4 is 5.32 Å². The van der Waals surface area contributed by atoms with E-state index in [1.165, 1.54) is 0 Å². The third kappa shape index (κ3) is 2.24. The fourth-order valence-corrected chi connectivity index (χ4v) is 1.08. The Morgan fingerprint density at radius 1 is 1.58 bits per heavy atom. The van der Waals surface area contributed by atoms with Crippen molar-refractivity contribution in [1.82, 2.24) is 5.32 Å². The molecule has 0 aliphatic heterocycles. The molecule has 0 saturated heterocycles. The first-order valence-electron chi connectivity index (χ1n) is 4.16. The first-order chi connectivity index (χ1) is 5.74. The zero-order valence-corrected chi connectivity index (χ0v) is 7.58. The minimum Gasteiger partial charge on any atom is -0.468 e. The van der Waals surface area contributed by atoms with Crippen LogP contribution in [-0.2, 0) is 0 Å². The number of nitrogens with one attached hydrogen (secondary N) is 1. The zero-order chi connectivity index (χ0) is 8.97. The summed E-state index contributed by atoms with van der Waals surface area (Å²) in [7, 11) is 0. The van der Waals surface area contributed by atoms with Crippen LogP contribution in [0, 0.1) is 0 Å². The SMILES string of the molecule is C=CC(C)N[C@@H](C)c1ccco1. The first kappa shape index (κ1) is 9.07. The topological polar surface area (TPSA) is 25.2 Å². The molecule has 1 unspecified atom stereocenters. The highest BCUT2D eigenvalue weighted by Gasteiger charge is 2.08. The molecule has 1 aromatic heterocycles. The molecule has 1 rings (SSSR count). The molecule has 66 valence electrons. The smallest absolute Gasteiger partial charge is 0.120 e. The highest BCUT2D eigenvalue weighted by atomic mass is 16.3. The van der Waals surface area contributed by atoms with E-state index in [0.29, 0.717) is 6.04 Å². The average Bonchev–Trinajstić information content (AvgIpc) is 2.56. The summed E-state index contributed by atoms with van der Waals surface area (Å²) in [5, 5.41) is 3.32. The Bertz CT molecular complexity index is 228. The Labute approximate surface area is 73.3 Å². The van der Waals surface area contributed by atoms with E-state index in [1.54, 1.807) is 6.26 Å². The lowest BCUT2D eigenvalue weighted by Crippen LogP contribution is -2.26. The molecular formula is C10H15NO. The minimum atomic E-state index is 0.244. The third-order valence-corrected chi connectivity index (χ3v) is 1.84. The molecule has 1 N–H and O–H groups in total. The third-order valence-electron chi connectivity index (χ3n) is 1.84. The number of hydrogen-bond donors (Lipinski definition) is 1. The monoisotopic (exact) mass is 165 g/mol. The molecule has 0 aliphatic carbocycles. The van der Waals surface area contributed by atoms with Crippen molar-refractivity contribution in [2.24, 2.45) is 0 Å². The molecule has 0 aromatic carbocycles. The van der Waals surface area contributed by atoms with Crippen molar-refractivity contribution >= 4 is 0 Å². The second-order valence-electron chi connectivity index (χ2n) is 2.93. The van der Waals surface area contributed by atoms with Crippen molar-refractivity contribution in [2.75, 3.05) is 0 Å². The van der Waals surface area contributed by atoms with Crippen LogP contribution in [0.5, 0.6) is 0 Å². The Balaban J connectivity index is 2.49. The molecule has 0 amide bonds. The molecule has 1 heterocycles. The maximum absolute atomic E-state index is 5.24. The Kier molecular flexibility index (Phi) is 3.11. The molecule has 2 nitrogen and oxygen atoms in total. The Morgan fingerprint density at radius 3 is 2.83 bits per heavy atom. The van der Waals surface area contributed by atoms with E-state index in [0.717, 1.165) is 5.76 Å². The lowest BCUT2D eigenvalue weighted by molar-refractivity contribution is 0.419. The summed E-state index contributed by atoms with van der Waals surface area (Å²) >= 11 is 0. The van der Waals surface area contributed by atoms with Gasteiger partial charge in [-0.15, -0.1) is 6.58 Å². The zero-order valence-electron chi connectivity index (χ0n) is 7.58. The summed E-state index contributed by atoms with van der Waals surface area (Å²) in [6.45, 7) is 7.83. The normalized spacial score (nSPS) is 15.5. The second-order valence-corrected chi connectivity index (χ2v) is 2.93. The standard InChI is InChI=1S/C10H15NO/c1-4-8(2)11-9(3)10-6-5-7-12-10/h4-9,11H,1H2,2-3H3/t8?,9-/m0/s1. The van der Waals surface area contributed by atoms with Gasteiger partial charge < -0.3 is 9.73 Å². The highest BCUT2D eigenvalue weighted by Crippen LogP contribution is 2.12. The van der Waals surface area contributed by atoms with Crippen LogP contribution in [0.3, 0.4) is 0 Å². The Morgan fingerprint density at radius 2 is 2.33 bits per heavy atom. The number of hydrogen-bond acceptors (Lipinski definition) is 2. The van der Waals surface area contributed by atoms with Gasteiger partial charge in [-0.2, -0.15) is 0 Å². The molecule has 0 spiro atoms. The Hall–Kier alpha value is -1.02. The van der Waals surface area contributed by atoms with Gasteiger partial charge in [-0.05, 0) is 26.0 Å². The van der Waals surface area contributed by atoms with Crippen LogP contribution in [0.1, 0.15) is 25.6 Å². The van der Waals surface area contributed by atoms with Gasteiger partial charge in [-0.1, -0.05) is 6.08 Å². The van der Waals surface area contributed by atoms with Crippen LogP contribution in [0.15, 0.2) is 35.5 Å². The largest absolute Gasteiger partial charge is 0.468 e. The summed E-state index contributed by atoms with van der Waals surface area (Å²) in [6.07, 6.45) is 3.56. The van der Waals surface area contributed by atoms with Gasteiger partial charge in [0.25, 0.3) is 0 Å². The van der Waals surface area contributed by atoms with Gasteiger partial charge in [0.1, 0.15) is 5.76 Å². The van der Waals surface area contributed by atoms with E-state index < -0.39 is 0 Å². The molecule has 2 atom stereocenters. The average molecular weight is 165 g/mol. The van der Waals surface area contributed by atoms with E-state index in [4.69, 9.17) is 4.42 Å². The summed E-state index contributed by atoms with van der Waals surface area (Å²) in [6, 6.07) is 4.41. The fourth-order valence-electron chi connectivity index (χ4n) is 1.08. The molecule has 0 radical (unpaired) electrons. The van der Waals surface area contributed by atoms with Gasteiger partial charge in [0.15, 0.2) is 0 Å². The van der Waals surface area contributed by atoms with Crippen LogP contribution in [-0.4, -0.2) is 6.04 Å². The van der Waals surface area contributed by atoms with Crippen molar-refractivity contribution in [1.29, 1.82) is 0 Å². The van der Waals surface area contributed by atoms with Gasteiger partial charge in [-0.25, -0.2) is 0 Å². The predicted molar refractivity (Wildman–Crippen MR) is 49.9 cm³/mol. The first-order valence-corrected chi connectivity index (χ1v) is 4.16. The van der Waals surface area contributed by atoms with Crippen LogP contribution in [0.25, 0.3) is 0 Å². The summed E-state index contributed by atoms with van der Waals surface area (Å²) < 4.78 is 5.24. The van der Waals surface area contributed by atoms with Crippen LogP contribution >= 0.6 is 0 Å². The van der Waals surface area contributed by atoms with Gasteiger partial charge in [0.2, 0.25) is 0 Å². The number of furan rings is 1. The number of rotatable bonds is 4. The van der Waals surface area contributed by atoms with Gasteiger partial charge in [0.05, 0.1) is 12.3 Å². The second kappa shape index (κ2) is 4.12. The summed E-state index contributed by atoms with van der Waals surface area (Å²) in [5.74, 6) is 0.962. The van der Waals surface area contributed by atoms with Crippen LogP contribution in [0.4, 0.5) is 0 Å². The van der Waals surface area contributed by atoms with Gasteiger partial charge in [-0.3, -0.25) is 0 Å². The van der Waals surface area contributed by atoms with Crippen molar-refractivity contribution < 1.29 is 4.42 Å². The molecule has 0 aliphatic rings. The van der Waals surface area contributed by atoms with Crippen molar-refractivity contribution in [3.8, 4) is 0 Å². The molecule has 2 heteroatoms. The maximum Gasteiger partial charge on any atom is 0.120 e. The molecule has 12 heavy (non-hydrogen) atoms. The predicted octanol–water partition coefficient (Wildman–Crippen LogP) is 2.50. The van der Waals surface area contributed by atoms with E-state index in [2.05, 4.69) is 25.7 Å². The molecule has 0 saturated carbocycles. The molecule has 1 aromatic rings. The van der Waals surface area contributed by atoms with E-state index >= 15 is 0 Å². The molecular weight excluding hydrogens is 150 g/mol. The van der Waals surface area contributed by atoms with Gasteiger partial charge in [0, 0.05) is 6.04 Å². The minimum absolute atomic E-state index is 0.244. The lowest BCUT2D eigenvalue weighted by atomic mass is 10.2. The van der Waals surface area contributed by atoms with Crippen LogP contribution in [0.2, 0.25) is 0 Å². The molecule has 0 fully saturated rings. The van der Waals surface area contributed by atoms with Crippen molar-refractivity contribution in [2.45, 2.75) is 25.9 Å². The quantitative estimate of drug-likeness (QED) is 0.693. The van der Waals surface area contributed by atoms with Gasteiger partial charge >= 0.3 is 0 Å². The van der Waals surface area contributed by atoms with Crippen molar-refractivity contribution in [3.63, 3.8) is 0 Å². The maximum atomic E-state index is 5.24. The van der Waals surface area contributed by atoms with E-state index in [9.17, 15) is 0 Å².